The molecule has 0 bridgehead atoms. The highest BCUT2D eigenvalue weighted by molar-refractivity contribution is 7.81. The summed E-state index contributed by atoms with van der Waals surface area (Å²) in [7, 11) is 0. The van der Waals surface area contributed by atoms with Gasteiger partial charge >= 0.3 is 0 Å². The molecule has 106 valence electrons. The van der Waals surface area contributed by atoms with Crippen LogP contribution >= 0.6 is 25.3 Å². The van der Waals surface area contributed by atoms with Crippen LogP contribution in [0.3, 0.4) is 0 Å². The summed E-state index contributed by atoms with van der Waals surface area (Å²) in [6, 6.07) is 0. The third-order valence-electron chi connectivity index (χ3n) is 2.81. The van der Waals surface area contributed by atoms with Crippen molar-refractivity contribution in [3.63, 3.8) is 0 Å². The van der Waals surface area contributed by atoms with Crippen molar-refractivity contribution in [2.75, 3.05) is 32.1 Å². The molecule has 1 aliphatic heterocycles. The van der Waals surface area contributed by atoms with E-state index in [1.54, 1.807) is 0 Å². The fraction of sp³-hybridized carbons (Fsp3) is 0.917. The molecule has 0 aromatic rings. The highest BCUT2D eigenvalue weighted by atomic mass is 32.1. The average molecular weight is 293 g/mol. The number of rotatable bonds is 9. The summed E-state index contributed by atoms with van der Waals surface area (Å²) in [4.78, 5) is 13.4. The van der Waals surface area contributed by atoms with Gasteiger partial charge in [0.15, 0.2) is 6.29 Å². The fourth-order valence-corrected chi connectivity index (χ4v) is 2.48. The molecule has 0 aromatic heterocycles. The Morgan fingerprint density at radius 1 is 1.44 bits per heavy atom. The van der Waals surface area contributed by atoms with Crippen molar-refractivity contribution in [3.8, 4) is 0 Å². The maximum atomic E-state index is 11.5. The van der Waals surface area contributed by atoms with Gasteiger partial charge in [0.05, 0.1) is 6.61 Å². The van der Waals surface area contributed by atoms with Crippen LogP contribution in [0.15, 0.2) is 0 Å². The lowest BCUT2D eigenvalue weighted by molar-refractivity contribution is -0.140. The third-order valence-corrected chi connectivity index (χ3v) is 3.37. The minimum absolute atomic E-state index is 0.0866. The van der Waals surface area contributed by atoms with Crippen molar-refractivity contribution >= 4 is 31.2 Å². The van der Waals surface area contributed by atoms with E-state index < -0.39 is 0 Å². The molecule has 0 aromatic carbocycles. The van der Waals surface area contributed by atoms with Crippen LogP contribution in [0, 0.1) is 0 Å². The monoisotopic (exact) mass is 293 g/mol. The van der Waals surface area contributed by atoms with Gasteiger partial charge in [0.1, 0.15) is 0 Å². The predicted molar refractivity (Wildman–Crippen MR) is 78.4 cm³/mol. The largest absolute Gasteiger partial charge is 0.353 e. The summed E-state index contributed by atoms with van der Waals surface area (Å²) >= 11 is 8.63. The van der Waals surface area contributed by atoms with Crippen LogP contribution in [0.2, 0.25) is 0 Å². The molecule has 1 amide bonds. The van der Waals surface area contributed by atoms with Crippen molar-refractivity contribution in [3.05, 3.63) is 0 Å². The molecule has 0 saturated carbocycles. The number of ether oxygens (including phenoxy) is 2. The highest BCUT2D eigenvalue weighted by Crippen LogP contribution is 2.16. The molecule has 1 heterocycles. The summed E-state index contributed by atoms with van der Waals surface area (Å²) in [6.07, 6.45) is 2.08. The lowest BCUT2D eigenvalue weighted by atomic mass is 10.2. The lowest BCUT2D eigenvalue weighted by Crippen LogP contribution is -2.34. The van der Waals surface area contributed by atoms with Gasteiger partial charge in [-0.05, 0) is 13.3 Å². The second-order valence-corrected chi connectivity index (χ2v) is 5.49. The first-order valence-corrected chi connectivity index (χ1v) is 7.62. The van der Waals surface area contributed by atoms with E-state index in [2.05, 4.69) is 25.3 Å². The highest BCUT2D eigenvalue weighted by Gasteiger charge is 2.23. The van der Waals surface area contributed by atoms with Crippen LogP contribution < -0.4 is 0 Å². The summed E-state index contributed by atoms with van der Waals surface area (Å²) in [5.74, 6) is 0.907. The van der Waals surface area contributed by atoms with Crippen molar-refractivity contribution in [2.24, 2.45) is 0 Å². The van der Waals surface area contributed by atoms with Crippen LogP contribution in [0.25, 0.3) is 0 Å². The van der Waals surface area contributed by atoms with Crippen LogP contribution in [0.4, 0.5) is 0 Å². The molecular formula is C12H23NO3S2. The van der Waals surface area contributed by atoms with Gasteiger partial charge in [0.2, 0.25) is 5.91 Å². The number of hydrogen-bond acceptors (Lipinski definition) is 5. The molecule has 0 radical (unpaired) electrons. The maximum Gasteiger partial charge on any atom is 0.222 e. The number of likely N-dealkylation sites (tertiary alicyclic amines) is 1. The minimum Gasteiger partial charge on any atom is -0.353 e. The van der Waals surface area contributed by atoms with E-state index in [4.69, 9.17) is 9.47 Å². The zero-order chi connectivity index (χ0) is 13.4. The number of carbonyl (C=O) groups is 1. The first kappa shape index (κ1) is 16.1. The normalized spacial score (nSPS) is 19.3. The van der Waals surface area contributed by atoms with Crippen LogP contribution in [-0.4, -0.2) is 54.4 Å². The number of amides is 1. The number of nitrogens with zero attached hydrogens (tertiary/aromatic N) is 1. The van der Waals surface area contributed by atoms with Gasteiger partial charge in [-0.15, -0.1) is 0 Å². The Labute approximate surface area is 120 Å². The van der Waals surface area contributed by atoms with E-state index in [9.17, 15) is 4.79 Å². The molecule has 2 unspecified atom stereocenters. The SMILES string of the molecule is CCOC(CC(S)CN1CCCC1=O)OCCS. The van der Waals surface area contributed by atoms with E-state index >= 15 is 0 Å². The summed E-state index contributed by atoms with van der Waals surface area (Å²) < 4.78 is 11.0. The van der Waals surface area contributed by atoms with Crippen molar-refractivity contribution in [1.29, 1.82) is 0 Å². The Morgan fingerprint density at radius 2 is 2.22 bits per heavy atom. The number of thiol groups is 2. The molecule has 6 heteroatoms. The summed E-state index contributed by atoms with van der Waals surface area (Å²) in [6.45, 7) is 4.65. The third kappa shape index (κ3) is 5.82. The smallest absolute Gasteiger partial charge is 0.222 e. The van der Waals surface area contributed by atoms with Crippen molar-refractivity contribution in [2.45, 2.75) is 37.7 Å². The fourth-order valence-electron chi connectivity index (χ4n) is 2.00. The van der Waals surface area contributed by atoms with Crippen LogP contribution in [0.1, 0.15) is 26.2 Å². The van der Waals surface area contributed by atoms with Gasteiger partial charge in [-0.3, -0.25) is 4.79 Å². The predicted octanol–water partition coefficient (Wildman–Crippen LogP) is 1.61. The Hall–Kier alpha value is 0.0900. The molecule has 18 heavy (non-hydrogen) atoms. The van der Waals surface area contributed by atoms with E-state index in [1.165, 1.54) is 0 Å². The topological polar surface area (TPSA) is 38.8 Å². The van der Waals surface area contributed by atoms with Crippen molar-refractivity contribution < 1.29 is 14.3 Å². The van der Waals surface area contributed by atoms with Gasteiger partial charge in [0, 0.05) is 43.5 Å². The van der Waals surface area contributed by atoms with Gasteiger partial charge in [-0.2, -0.15) is 25.3 Å². The number of carbonyl (C=O) groups excluding carboxylic acids is 1. The van der Waals surface area contributed by atoms with Gasteiger partial charge < -0.3 is 14.4 Å². The molecule has 4 nitrogen and oxygen atoms in total. The van der Waals surface area contributed by atoms with Crippen LogP contribution in [0.5, 0.6) is 0 Å². The Balaban J connectivity index is 2.30. The zero-order valence-electron chi connectivity index (χ0n) is 10.9. The zero-order valence-corrected chi connectivity index (χ0v) is 12.7. The standard InChI is InChI=1S/C12H23NO3S2/c1-2-15-12(16-6-7-17)8-10(18)9-13-5-3-4-11(13)14/h10,12,17-18H,2-9H2,1H3. The number of hydrogen-bond donors (Lipinski definition) is 2. The lowest BCUT2D eigenvalue weighted by Gasteiger charge is -2.24. The van der Waals surface area contributed by atoms with Crippen molar-refractivity contribution in [1.82, 2.24) is 4.90 Å². The Kier molecular flexibility index (Phi) is 8.13. The van der Waals surface area contributed by atoms with E-state index in [0.29, 0.717) is 38.4 Å². The molecule has 1 rings (SSSR count). The van der Waals surface area contributed by atoms with Gasteiger partial charge in [0.25, 0.3) is 0 Å². The Bertz CT molecular complexity index is 253. The first-order valence-electron chi connectivity index (χ1n) is 6.47. The molecule has 1 aliphatic rings. The first-order chi connectivity index (χ1) is 8.67. The summed E-state index contributed by atoms with van der Waals surface area (Å²) in [5, 5.41) is 0.0866. The van der Waals surface area contributed by atoms with Crippen LogP contribution in [-0.2, 0) is 14.3 Å². The average Bonchev–Trinajstić information content (AvgIpc) is 2.72. The van der Waals surface area contributed by atoms with Gasteiger partial charge in [-0.1, -0.05) is 0 Å². The molecule has 1 fully saturated rings. The van der Waals surface area contributed by atoms with E-state index in [1.807, 2.05) is 11.8 Å². The second-order valence-electron chi connectivity index (χ2n) is 4.31. The summed E-state index contributed by atoms with van der Waals surface area (Å²) in [5.41, 5.74) is 0. The molecular weight excluding hydrogens is 270 g/mol. The molecule has 0 spiro atoms. The second kappa shape index (κ2) is 9.07. The van der Waals surface area contributed by atoms with E-state index in [-0.39, 0.29) is 17.4 Å². The van der Waals surface area contributed by atoms with Gasteiger partial charge in [-0.25, -0.2) is 0 Å². The Morgan fingerprint density at radius 3 is 2.78 bits per heavy atom. The molecule has 2 atom stereocenters. The molecule has 0 aliphatic carbocycles. The quantitative estimate of drug-likeness (QED) is 0.501. The maximum absolute atomic E-state index is 11.5. The molecule has 0 N–H and O–H groups in total. The minimum atomic E-state index is -0.248. The molecule has 1 saturated heterocycles. The van der Waals surface area contributed by atoms with E-state index in [0.717, 1.165) is 13.0 Å².